The van der Waals surface area contributed by atoms with Crippen LogP contribution in [0.5, 0.6) is 0 Å². The number of thioether (sulfide) groups is 1. The van der Waals surface area contributed by atoms with Gasteiger partial charge in [-0.2, -0.15) is 0 Å². The van der Waals surface area contributed by atoms with Crippen LogP contribution in [0.25, 0.3) is 0 Å². The number of nitrogens with one attached hydrogen (secondary N) is 2. The number of urea groups is 1. The minimum atomic E-state index is -1.31. The largest absolute Gasteiger partial charge is 0.466 e. The van der Waals surface area contributed by atoms with Gasteiger partial charge in [-0.3, -0.25) is 14.5 Å². The molecule has 1 fully saturated rings. The number of nitrogens with zero attached hydrogens (tertiary/aromatic N) is 1. The molecule has 1 saturated heterocycles. The van der Waals surface area contributed by atoms with E-state index in [1.165, 1.54) is 18.0 Å². The first-order valence-electron chi connectivity index (χ1n) is 7.56. The number of hydrogen-bond donors (Lipinski definition) is 2. The second-order valence-corrected chi connectivity index (χ2v) is 6.52. The quantitative estimate of drug-likeness (QED) is 0.632. The monoisotopic (exact) mass is 359 g/mol. The molecule has 1 aromatic heterocycles. The van der Waals surface area contributed by atoms with Gasteiger partial charge in [-0.05, 0) is 37.4 Å². The molecule has 0 bridgehead atoms. The van der Waals surface area contributed by atoms with Gasteiger partial charge < -0.3 is 15.1 Å². The molecule has 130 valence electrons. The number of hydrogen-bond acceptors (Lipinski definition) is 5. The third kappa shape index (κ3) is 3.12. The maximum atomic E-state index is 12.6. The zero-order valence-corrected chi connectivity index (χ0v) is 14.6. The first-order valence-corrected chi connectivity index (χ1v) is 8.79. The van der Waals surface area contributed by atoms with Crippen LogP contribution < -0.4 is 10.6 Å². The van der Waals surface area contributed by atoms with Crippen molar-refractivity contribution in [3.8, 4) is 0 Å². The Morgan fingerprint density at radius 2 is 2.04 bits per heavy atom. The highest BCUT2D eigenvalue weighted by Gasteiger charge is 2.51. The van der Waals surface area contributed by atoms with Crippen LogP contribution in [0, 0.1) is 0 Å². The second kappa shape index (κ2) is 6.64. The molecule has 3 rings (SSSR count). The molecule has 4 amide bonds. The zero-order chi connectivity index (χ0) is 18.0. The summed E-state index contributed by atoms with van der Waals surface area (Å²) in [5.74, 6) is -0.657. The summed E-state index contributed by atoms with van der Waals surface area (Å²) in [5.41, 5.74) is -0.668. The van der Waals surface area contributed by atoms with Crippen molar-refractivity contribution in [2.24, 2.45) is 0 Å². The SMILES string of the molecule is CSc1ccccc1NC(=O)CN1C(=O)NC(C)(c2ccco2)C1=O. The Balaban J connectivity index is 1.73. The van der Waals surface area contributed by atoms with Crippen LogP contribution in [0.15, 0.2) is 52.0 Å². The van der Waals surface area contributed by atoms with E-state index in [9.17, 15) is 14.4 Å². The Morgan fingerprint density at radius 1 is 1.28 bits per heavy atom. The van der Waals surface area contributed by atoms with Gasteiger partial charge in [-0.25, -0.2) is 4.79 Å². The van der Waals surface area contributed by atoms with Crippen molar-refractivity contribution < 1.29 is 18.8 Å². The molecule has 1 atom stereocenters. The number of amides is 4. The summed E-state index contributed by atoms with van der Waals surface area (Å²) in [6, 6.07) is 9.93. The van der Waals surface area contributed by atoms with E-state index in [1.807, 2.05) is 18.4 Å². The smallest absolute Gasteiger partial charge is 0.325 e. The lowest BCUT2D eigenvalue weighted by Gasteiger charge is -2.19. The maximum absolute atomic E-state index is 12.6. The molecular weight excluding hydrogens is 342 g/mol. The van der Waals surface area contributed by atoms with Gasteiger partial charge in [0, 0.05) is 4.90 Å². The van der Waals surface area contributed by atoms with Crippen LogP contribution in [-0.4, -0.2) is 35.5 Å². The van der Waals surface area contributed by atoms with E-state index < -0.39 is 23.4 Å². The Labute approximate surface area is 148 Å². The van der Waals surface area contributed by atoms with Crippen molar-refractivity contribution in [2.75, 3.05) is 18.1 Å². The predicted octanol–water partition coefficient (Wildman–Crippen LogP) is 2.41. The Bertz CT molecular complexity index is 821. The molecule has 2 aromatic rings. The van der Waals surface area contributed by atoms with Gasteiger partial charge in [-0.15, -0.1) is 11.8 Å². The number of rotatable bonds is 5. The van der Waals surface area contributed by atoms with Crippen molar-refractivity contribution >= 4 is 35.3 Å². The zero-order valence-electron chi connectivity index (χ0n) is 13.7. The van der Waals surface area contributed by atoms with E-state index in [0.717, 1.165) is 9.80 Å². The maximum Gasteiger partial charge on any atom is 0.325 e. The lowest BCUT2D eigenvalue weighted by Crippen LogP contribution is -2.41. The van der Waals surface area contributed by atoms with E-state index in [4.69, 9.17) is 4.42 Å². The normalized spacial score (nSPS) is 19.8. The molecule has 2 heterocycles. The van der Waals surface area contributed by atoms with Crippen LogP contribution in [0.1, 0.15) is 12.7 Å². The number of para-hydroxylation sites is 1. The van der Waals surface area contributed by atoms with Crippen LogP contribution in [0.4, 0.5) is 10.5 Å². The van der Waals surface area contributed by atoms with E-state index in [0.29, 0.717) is 11.4 Å². The first kappa shape index (κ1) is 17.1. The number of anilines is 1. The minimum absolute atomic E-state index is 0.321. The standard InChI is InChI=1S/C17H17N3O4S/c1-17(13-8-5-9-24-13)15(22)20(16(23)19-17)10-14(21)18-11-6-3-4-7-12(11)25-2/h3-9H,10H2,1-2H3,(H,18,21)(H,19,23). The van der Waals surface area contributed by atoms with Gasteiger partial charge in [0.05, 0.1) is 12.0 Å². The molecular formula is C17H17N3O4S. The number of carbonyl (C=O) groups is 3. The lowest BCUT2D eigenvalue weighted by atomic mass is 9.99. The summed E-state index contributed by atoms with van der Waals surface area (Å²) >= 11 is 1.49. The fraction of sp³-hybridized carbons (Fsp3) is 0.235. The number of imide groups is 1. The van der Waals surface area contributed by atoms with E-state index in [-0.39, 0.29) is 6.54 Å². The molecule has 25 heavy (non-hydrogen) atoms. The molecule has 1 aromatic carbocycles. The summed E-state index contributed by atoms with van der Waals surface area (Å²) in [5, 5.41) is 5.32. The molecule has 1 aliphatic heterocycles. The van der Waals surface area contributed by atoms with Gasteiger partial charge in [0.2, 0.25) is 5.91 Å². The third-order valence-electron chi connectivity index (χ3n) is 3.97. The fourth-order valence-electron chi connectivity index (χ4n) is 2.65. The average Bonchev–Trinajstić information content (AvgIpc) is 3.20. The van der Waals surface area contributed by atoms with Crippen LogP contribution in [-0.2, 0) is 15.1 Å². The van der Waals surface area contributed by atoms with Crippen LogP contribution >= 0.6 is 11.8 Å². The Morgan fingerprint density at radius 3 is 2.72 bits per heavy atom. The fourth-order valence-corrected chi connectivity index (χ4v) is 3.21. The highest BCUT2D eigenvalue weighted by atomic mass is 32.2. The molecule has 1 aliphatic rings. The first-order chi connectivity index (χ1) is 12.0. The Hall–Kier alpha value is -2.74. The molecule has 0 radical (unpaired) electrons. The van der Waals surface area contributed by atoms with Gasteiger partial charge in [0.15, 0.2) is 5.54 Å². The minimum Gasteiger partial charge on any atom is -0.466 e. The second-order valence-electron chi connectivity index (χ2n) is 5.67. The average molecular weight is 359 g/mol. The molecule has 0 spiro atoms. The van der Waals surface area contributed by atoms with Gasteiger partial charge in [0.1, 0.15) is 12.3 Å². The van der Waals surface area contributed by atoms with Crippen LogP contribution in [0.3, 0.4) is 0 Å². The van der Waals surface area contributed by atoms with E-state index >= 15 is 0 Å². The summed E-state index contributed by atoms with van der Waals surface area (Å²) in [7, 11) is 0. The topological polar surface area (TPSA) is 91.7 Å². The molecule has 7 nitrogen and oxygen atoms in total. The molecule has 8 heteroatoms. The van der Waals surface area contributed by atoms with Crippen molar-refractivity contribution in [1.29, 1.82) is 0 Å². The number of furan rings is 1. The Kier molecular flexibility index (Phi) is 4.54. The lowest BCUT2D eigenvalue weighted by molar-refractivity contribution is -0.134. The van der Waals surface area contributed by atoms with Crippen LogP contribution in [0.2, 0.25) is 0 Å². The number of benzene rings is 1. The molecule has 0 aliphatic carbocycles. The summed E-state index contributed by atoms with van der Waals surface area (Å²) in [6.07, 6.45) is 3.33. The third-order valence-corrected chi connectivity index (χ3v) is 4.77. The van der Waals surface area contributed by atoms with Gasteiger partial charge in [-0.1, -0.05) is 12.1 Å². The molecule has 0 saturated carbocycles. The van der Waals surface area contributed by atoms with E-state index in [2.05, 4.69) is 10.6 Å². The summed E-state index contributed by atoms with van der Waals surface area (Å²) < 4.78 is 5.25. The number of carbonyl (C=O) groups excluding carboxylic acids is 3. The van der Waals surface area contributed by atoms with Crippen molar-refractivity contribution in [1.82, 2.24) is 10.2 Å². The van der Waals surface area contributed by atoms with Crippen molar-refractivity contribution in [3.63, 3.8) is 0 Å². The highest BCUT2D eigenvalue weighted by Crippen LogP contribution is 2.29. The predicted molar refractivity (Wildman–Crippen MR) is 93.2 cm³/mol. The van der Waals surface area contributed by atoms with Crippen molar-refractivity contribution in [3.05, 3.63) is 48.4 Å². The van der Waals surface area contributed by atoms with E-state index in [1.54, 1.807) is 31.2 Å². The van der Waals surface area contributed by atoms with Crippen molar-refractivity contribution in [2.45, 2.75) is 17.4 Å². The van der Waals surface area contributed by atoms with Gasteiger partial charge >= 0.3 is 6.03 Å². The summed E-state index contributed by atoms with van der Waals surface area (Å²) in [4.78, 5) is 38.9. The highest BCUT2D eigenvalue weighted by molar-refractivity contribution is 7.98. The molecule has 2 N–H and O–H groups in total. The van der Waals surface area contributed by atoms with Gasteiger partial charge in [0.25, 0.3) is 5.91 Å². The summed E-state index contributed by atoms with van der Waals surface area (Å²) in [6.45, 7) is 1.18. The molecule has 1 unspecified atom stereocenters.